The maximum Gasteiger partial charge on any atom is 0.500 e. The largest absolute Gasteiger partial charge is 0.500 e. The topological polar surface area (TPSA) is 45.5 Å². The number of nitrogens with zero attached hydrogens (tertiary/aromatic N) is 2. The Balaban J connectivity index is 2.29. The number of unbranched alkanes of at least 4 members (excludes halogenated alkanes) is 2. The van der Waals surface area contributed by atoms with E-state index in [-0.39, 0.29) is 0 Å². The fourth-order valence-corrected chi connectivity index (χ4v) is 4.92. The Labute approximate surface area is 123 Å². The second-order valence-corrected chi connectivity index (χ2v) is 7.33. The highest BCUT2D eigenvalue weighted by Gasteiger charge is 2.39. The SMILES string of the molecule is CCO[Si](CCCCCn1ccnc1)(OCC)OCC. The normalized spacial score (nSPS) is 11.9. The average Bonchev–Trinajstić information content (AvgIpc) is 2.92. The van der Waals surface area contributed by atoms with Crippen molar-refractivity contribution in [1.29, 1.82) is 0 Å². The molecule has 1 rings (SSSR count). The summed E-state index contributed by atoms with van der Waals surface area (Å²) < 4.78 is 19.6. The van der Waals surface area contributed by atoms with Gasteiger partial charge in [0.25, 0.3) is 0 Å². The van der Waals surface area contributed by atoms with Crippen LogP contribution in [0.4, 0.5) is 0 Å². The first kappa shape index (κ1) is 17.4. The van der Waals surface area contributed by atoms with Crippen molar-refractivity contribution >= 4 is 8.80 Å². The van der Waals surface area contributed by atoms with Gasteiger partial charge in [-0.15, -0.1) is 0 Å². The molecular weight excluding hydrogens is 272 g/mol. The van der Waals surface area contributed by atoms with Crippen LogP contribution in [0.5, 0.6) is 0 Å². The Hall–Kier alpha value is -0.693. The van der Waals surface area contributed by atoms with E-state index in [1.807, 2.05) is 39.5 Å². The van der Waals surface area contributed by atoms with E-state index in [0.717, 1.165) is 31.9 Å². The number of aromatic nitrogens is 2. The fraction of sp³-hybridized carbons (Fsp3) is 0.786. The lowest BCUT2D eigenvalue weighted by molar-refractivity contribution is 0.0706. The minimum atomic E-state index is -2.43. The Bertz CT molecular complexity index is 316. The molecule has 0 amide bonds. The van der Waals surface area contributed by atoms with Crippen molar-refractivity contribution in [3.63, 3.8) is 0 Å². The lowest BCUT2D eigenvalue weighted by atomic mass is 10.2. The molecule has 0 aliphatic heterocycles. The second kappa shape index (κ2) is 10.1. The van der Waals surface area contributed by atoms with Crippen molar-refractivity contribution in [1.82, 2.24) is 9.55 Å². The maximum atomic E-state index is 5.84. The highest BCUT2D eigenvalue weighted by Crippen LogP contribution is 2.20. The van der Waals surface area contributed by atoms with Crippen LogP contribution in [0.1, 0.15) is 40.0 Å². The smallest absolute Gasteiger partial charge is 0.374 e. The summed E-state index contributed by atoms with van der Waals surface area (Å²) in [5.41, 5.74) is 0. The van der Waals surface area contributed by atoms with Gasteiger partial charge in [0.05, 0.1) is 6.33 Å². The van der Waals surface area contributed by atoms with E-state index in [1.165, 1.54) is 0 Å². The molecule has 0 aliphatic rings. The molecule has 0 spiro atoms. The molecule has 0 fully saturated rings. The van der Waals surface area contributed by atoms with Crippen molar-refractivity contribution in [2.24, 2.45) is 0 Å². The van der Waals surface area contributed by atoms with Gasteiger partial charge in [-0.25, -0.2) is 4.98 Å². The Morgan fingerprint density at radius 1 is 0.950 bits per heavy atom. The van der Waals surface area contributed by atoms with Crippen LogP contribution in [0, 0.1) is 0 Å². The summed E-state index contributed by atoms with van der Waals surface area (Å²) in [5, 5.41) is 0. The van der Waals surface area contributed by atoms with Gasteiger partial charge in [-0.1, -0.05) is 6.42 Å². The third-order valence-electron chi connectivity index (χ3n) is 3.05. The molecule has 1 aromatic rings. The van der Waals surface area contributed by atoms with Crippen molar-refractivity contribution in [2.75, 3.05) is 19.8 Å². The quantitative estimate of drug-likeness (QED) is 0.439. The van der Waals surface area contributed by atoms with Crippen molar-refractivity contribution in [2.45, 2.75) is 52.6 Å². The summed E-state index contributed by atoms with van der Waals surface area (Å²) in [6.07, 6.45) is 9.06. The van der Waals surface area contributed by atoms with Gasteiger partial charge in [-0.05, 0) is 33.6 Å². The predicted octanol–water partition coefficient (Wildman–Crippen LogP) is 3.10. The van der Waals surface area contributed by atoms with Gasteiger partial charge in [-0.3, -0.25) is 0 Å². The first-order chi connectivity index (χ1) is 9.76. The van der Waals surface area contributed by atoms with E-state index in [2.05, 4.69) is 9.55 Å². The zero-order valence-corrected chi connectivity index (χ0v) is 14.0. The average molecular weight is 300 g/mol. The minimum Gasteiger partial charge on any atom is -0.374 e. The molecule has 6 heteroatoms. The fourth-order valence-electron chi connectivity index (χ4n) is 2.23. The van der Waals surface area contributed by atoms with E-state index < -0.39 is 8.80 Å². The molecule has 0 atom stereocenters. The summed E-state index contributed by atoms with van der Waals surface area (Å²) in [6, 6.07) is 0.909. The summed E-state index contributed by atoms with van der Waals surface area (Å²) in [6.45, 7) is 8.98. The number of hydrogen-bond donors (Lipinski definition) is 0. The second-order valence-electron chi connectivity index (χ2n) is 4.59. The highest BCUT2D eigenvalue weighted by atomic mass is 28.4. The Morgan fingerprint density at radius 3 is 2.10 bits per heavy atom. The molecule has 5 nitrogen and oxygen atoms in total. The summed E-state index contributed by atoms with van der Waals surface area (Å²) in [7, 11) is -2.43. The molecule has 20 heavy (non-hydrogen) atoms. The minimum absolute atomic E-state index is 0.654. The molecule has 0 saturated carbocycles. The van der Waals surface area contributed by atoms with Crippen molar-refractivity contribution < 1.29 is 13.3 Å². The Morgan fingerprint density at radius 2 is 1.60 bits per heavy atom. The van der Waals surface area contributed by atoms with E-state index in [4.69, 9.17) is 13.3 Å². The lowest BCUT2D eigenvalue weighted by Crippen LogP contribution is -2.45. The van der Waals surface area contributed by atoms with E-state index in [1.54, 1.807) is 0 Å². The zero-order valence-electron chi connectivity index (χ0n) is 13.0. The molecule has 1 heterocycles. The van der Waals surface area contributed by atoms with Gasteiger partial charge in [-0.2, -0.15) is 0 Å². The monoisotopic (exact) mass is 300 g/mol. The van der Waals surface area contributed by atoms with Crippen LogP contribution in [0.25, 0.3) is 0 Å². The van der Waals surface area contributed by atoms with Crippen molar-refractivity contribution in [3.8, 4) is 0 Å². The zero-order chi connectivity index (χ0) is 14.7. The molecule has 116 valence electrons. The van der Waals surface area contributed by atoms with Gasteiger partial charge in [0.2, 0.25) is 0 Å². The number of hydrogen-bond acceptors (Lipinski definition) is 4. The maximum absolute atomic E-state index is 5.84. The summed E-state index contributed by atoms with van der Waals surface area (Å²) >= 11 is 0. The van der Waals surface area contributed by atoms with E-state index in [9.17, 15) is 0 Å². The van der Waals surface area contributed by atoms with Crippen LogP contribution in [0.2, 0.25) is 6.04 Å². The third-order valence-corrected chi connectivity index (χ3v) is 6.20. The van der Waals surface area contributed by atoms with Crippen LogP contribution >= 0.6 is 0 Å². The van der Waals surface area contributed by atoms with Crippen LogP contribution in [-0.4, -0.2) is 38.2 Å². The summed E-state index contributed by atoms with van der Waals surface area (Å²) in [4.78, 5) is 4.04. The van der Waals surface area contributed by atoms with Gasteiger partial charge in [0.1, 0.15) is 0 Å². The molecule has 0 radical (unpaired) electrons. The predicted molar refractivity (Wildman–Crippen MR) is 81.5 cm³/mol. The molecule has 0 bridgehead atoms. The van der Waals surface area contributed by atoms with E-state index >= 15 is 0 Å². The summed E-state index contributed by atoms with van der Waals surface area (Å²) in [5.74, 6) is 0. The molecule has 0 aliphatic carbocycles. The van der Waals surface area contributed by atoms with Crippen LogP contribution < -0.4 is 0 Å². The third kappa shape index (κ3) is 6.17. The van der Waals surface area contributed by atoms with E-state index in [0.29, 0.717) is 19.8 Å². The first-order valence-electron chi connectivity index (χ1n) is 7.64. The van der Waals surface area contributed by atoms with Crippen LogP contribution in [0.15, 0.2) is 18.7 Å². The number of imidazole rings is 1. The molecule has 0 aromatic carbocycles. The standard InChI is InChI=1S/C14H28N2O3Si/c1-4-17-20(18-5-2,19-6-3)13-9-7-8-11-16-12-10-15-14-16/h10,12,14H,4-9,11,13H2,1-3H3. The molecule has 0 saturated heterocycles. The number of rotatable bonds is 12. The molecule has 1 aromatic heterocycles. The molecule has 0 unspecified atom stereocenters. The number of aryl methyl sites for hydroxylation is 1. The van der Waals surface area contributed by atoms with Gasteiger partial charge in [0, 0.05) is 44.8 Å². The van der Waals surface area contributed by atoms with Gasteiger partial charge in [0.15, 0.2) is 0 Å². The van der Waals surface area contributed by atoms with Crippen molar-refractivity contribution in [3.05, 3.63) is 18.7 Å². The molecular formula is C14H28N2O3Si. The van der Waals surface area contributed by atoms with Crippen LogP contribution in [0.3, 0.4) is 0 Å². The first-order valence-corrected chi connectivity index (χ1v) is 9.57. The van der Waals surface area contributed by atoms with Crippen LogP contribution in [-0.2, 0) is 19.8 Å². The Kier molecular flexibility index (Phi) is 8.76. The van der Waals surface area contributed by atoms with Gasteiger partial charge < -0.3 is 17.8 Å². The molecule has 0 N–H and O–H groups in total. The lowest BCUT2D eigenvalue weighted by Gasteiger charge is -2.28. The highest BCUT2D eigenvalue weighted by molar-refractivity contribution is 6.60. The van der Waals surface area contributed by atoms with Gasteiger partial charge >= 0.3 is 8.80 Å².